The molecule has 0 saturated heterocycles. The SMILES string of the molecule is CCC(CC)n1ccc(CNCC(C)(O)CCOC)n1. The van der Waals surface area contributed by atoms with Crippen molar-refractivity contribution in [2.24, 2.45) is 0 Å². The molecule has 0 aliphatic heterocycles. The van der Waals surface area contributed by atoms with Gasteiger partial charge in [0.2, 0.25) is 0 Å². The Morgan fingerprint density at radius 1 is 1.45 bits per heavy atom. The highest BCUT2D eigenvalue weighted by molar-refractivity contribution is 4.99. The molecule has 1 aromatic rings. The van der Waals surface area contributed by atoms with E-state index in [-0.39, 0.29) is 0 Å². The number of nitrogens with zero attached hydrogens (tertiary/aromatic N) is 2. The van der Waals surface area contributed by atoms with E-state index in [0.29, 0.717) is 32.2 Å². The van der Waals surface area contributed by atoms with Gasteiger partial charge in [-0.3, -0.25) is 4.68 Å². The zero-order valence-corrected chi connectivity index (χ0v) is 13.2. The second-order valence-corrected chi connectivity index (χ2v) is 5.60. The van der Waals surface area contributed by atoms with Crippen LogP contribution in [0.1, 0.15) is 51.8 Å². The Kier molecular flexibility index (Phi) is 7.19. The molecule has 0 fully saturated rings. The quantitative estimate of drug-likeness (QED) is 0.690. The third-order valence-corrected chi connectivity index (χ3v) is 3.64. The molecule has 0 spiro atoms. The van der Waals surface area contributed by atoms with E-state index < -0.39 is 5.60 Å². The van der Waals surface area contributed by atoms with Crippen LogP contribution in [0.25, 0.3) is 0 Å². The first-order valence-corrected chi connectivity index (χ1v) is 7.48. The van der Waals surface area contributed by atoms with Crippen LogP contribution in [-0.2, 0) is 11.3 Å². The Labute approximate surface area is 122 Å². The smallest absolute Gasteiger partial charge is 0.0765 e. The number of aliphatic hydroxyl groups is 1. The Balaban J connectivity index is 2.39. The Morgan fingerprint density at radius 3 is 2.75 bits per heavy atom. The van der Waals surface area contributed by atoms with E-state index in [1.165, 1.54) is 0 Å². The van der Waals surface area contributed by atoms with Gasteiger partial charge < -0.3 is 15.2 Å². The largest absolute Gasteiger partial charge is 0.389 e. The van der Waals surface area contributed by atoms with Gasteiger partial charge in [0.05, 0.1) is 17.3 Å². The first kappa shape index (κ1) is 17.1. The summed E-state index contributed by atoms with van der Waals surface area (Å²) in [6.45, 7) is 7.96. The summed E-state index contributed by atoms with van der Waals surface area (Å²) in [5.74, 6) is 0. The summed E-state index contributed by atoms with van der Waals surface area (Å²) in [6.07, 6.45) is 4.85. The Hall–Kier alpha value is -0.910. The maximum absolute atomic E-state index is 10.1. The molecule has 1 atom stereocenters. The summed E-state index contributed by atoms with van der Waals surface area (Å²) in [4.78, 5) is 0. The lowest BCUT2D eigenvalue weighted by Gasteiger charge is -2.23. The highest BCUT2D eigenvalue weighted by Gasteiger charge is 2.19. The van der Waals surface area contributed by atoms with E-state index in [9.17, 15) is 5.11 Å². The highest BCUT2D eigenvalue weighted by Crippen LogP contribution is 2.14. The third-order valence-electron chi connectivity index (χ3n) is 3.64. The van der Waals surface area contributed by atoms with Gasteiger partial charge in [0, 0.05) is 39.4 Å². The minimum Gasteiger partial charge on any atom is -0.389 e. The molecule has 116 valence electrons. The van der Waals surface area contributed by atoms with E-state index in [0.717, 1.165) is 18.5 Å². The van der Waals surface area contributed by atoms with Gasteiger partial charge in [-0.25, -0.2) is 0 Å². The predicted octanol–water partition coefficient (Wildman–Crippen LogP) is 2.12. The minimum atomic E-state index is -0.742. The van der Waals surface area contributed by atoms with E-state index in [4.69, 9.17) is 4.74 Å². The Morgan fingerprint density at radius 2 is 2.15 bits per heavy atom. The van der Waals surface area contributed by atoms with E-state index in [1.54, 1.807) is 7.11 Å². The molecular weight excluding hydrogens is 254 g/mol. The number of nitrogens with one attached hydrogen (secondary N) is 1. The van der Waals surface area contributed by atoms with Crippen LogP contribution >= 0.6 is 0 Å². The Bertz CT molecular complexity index is 373. The van der Waals surface area contributed by atoms with Crippen molar-refractivity contribution in [2.75, 3.05) is 20.3 Å². The van der Waals surface area contributed by atoms with Crippen molar-refractivity contribution >= 4 is 0 Å². The fourth-order valence-corrected chi connectivity index (χ4v) is 2.21. The second kappa shape index (κ2) is 8.39. The van der Waals surface area contributed by atoms with Crippen molar-refractivity contribution < 1.29 is 9.84 Å². The number of rotatable bonds is 10. The molecule has 0 amide bonds. The van der Waals surface area contributed by atoms with Crippen molar-refractivity contribution in [3.8, 4) is 0 Å². The molecular formula is C15H29N3O2. The summed E-state index contributed by atoms with van der Waals surface area (Å²) in [5, 5.41) is 18.0. The average Bonchev–Trinajstić information content (AvgIpc) is 2.86. The zero-order chi connectivity index (χ0) is 15.0. The number of aromatic nitrogens is 2. The predicted molar refractivity (Wildman–Crippen MR) is 80.7 cm³/mol. The van der Waals surface area contributed by atoms with Crippen molar-refractivity contribution in [1.82, 2.24) is 15.1 Å². The average molecular weight is 283 g/mol. The molecule has 0 aliphatic rings. The van der Waals surface area contributed by atoms with Gasteiger partial charge in [-0.2, -0.15) is 5.10 Å². The molecule has 1 rings (SSSR count). The monoisotopic (exact) mass is 283 g/mol. The molecule has 5 heteroatoms. The van der Waals surface area contributed by atoms with Gasteiger partial charge in [0.1, 0.15) is 0 Å². The highest BCUT2D eigenvalue weighted by atomic mass is 16.5. The van der Waals surface area contributed by atoms with Crippen LogP contribution < -0.4 is 5.32 Å². The summed E-state index contributed by atoms with van der Waals surface area (Å²) >= 11 is 0. The molecule has 1 aromatic heterocycles. The number of hydrogen-bond donors (Lipinski definition) is 2. The molecule has 5 nitrogen and oxygen atoms in total. The summed E-state index contributed by atoms with van der Waals surface area (Å²) in [6, 6.07) is 2.52. The first-order chi connectivity index (χ1) is 9.52. The number of methoxy groups -OCH3 is 1. The van der Waals surface area contributed by atoms with Crippen LogP contribution in [0.2, 0.25) is 0 Å². The fraction of sp³-hybridized carbons (Fsp3) is 0.800. The number of ether oxygens (including phenoxy) is 1. The van der Waals surface area contributed by atoms with Gasteiger partial charge in [0.15, 0.2) is 0 Å². The summed E-state index contributed by atoms with van der Waals surface area (Å²) in [5.41, 5.74) is 0.271. The van der Waals surface area contributed by atoms with Crippen LogP contribution in [0.3, 0.4) is 0 Å². The van der Waals surface area contributed by atoms with Gasteiger partial charge in [-0.15, -0.1) is 0 Å². The van der Waals surface area contributed by atoms with Crippen LogP contribution in [0.15, 0.2) is 12.3 Å². The van der Waals surface area contributed by atoms with Crippen LogP contribution in [0.5, 0.6) is 0 Å². The maximum atomic E-state index is 10.1. The molecule has 1 unspecified atom stereocenters. The molecule has 20 heavy (non-hydrogen) atoms. The van der Waals surface area contributed by atoms with Crippen LogP contribution in [-0.4, -0.2) is 40.7 Å². The third kappa shape index (κ3) is 5.61. The van der Waals surface area contributed by atoms with Gasteiger partial charge >= 0.3 is 0 Å². The molecule has 0 bridgehead atoms. The molecule has 1 heterocycles. The van der Waals surface area contributed by atoms with Crippen molar-refractivity contribution in [1.29, 1.82) is 0 Å². The summed E-state index contributed by atoms with van der Waals surface area (Å²) < 4.78 is 7.03. The lowest BCUT2D eigenvalue weighted by Crippen LogP contribution is -2.38. The minimum absolute atomic E-state index is 0.480. The van der Waals surface area contributed by atoms with Crippen molar-refractivity contribution in [3.05, 3.63) is 18.0 Å². The molecule has 0 saturated carbocycles. The lowest BCUT2D eigenvalue weighted by molar-refractivity contribution is 0.0247. The van der Waals surface area contributed by atoms with Crippen LogP contribution in [0, 0.1) is 0 Å². The van der Waals surface area contributed by atoms with Crippen molar-refractivity contribution in [2.45, 2.75) is 58.2 Å². The molecule has 0 radical (unpaired) electrons. The van der Waals surface area contributed by atoms with Crippen LogP contribution in [0.4, 0.5) is 0 Å². The molecule has 2 N–H and O–H groups in total. The normalized spacial score (nSPS) is 14.7. The lowest BCUT2D eigenvalue weighted by atomic mass is 10.0. The van der Waals surface area contributed by atoms with E-state index >= 15 is 0 Å². The van der Waals surface area contributed by atoms with Gasteiger partial charge in [0.25, 0.3) is 0 Å². The number of hydrogen-bond acceptors (Lipinski definition) is 4. The maximum Gasteiger partial charge on any atom is 0.0765 e. The fourth-order valence-electron chi connectivity index (χ4n) is 2.21. The van der Waals surface area contributed by atoms with Crippen molar-refractivity contribution in [3.63, 3.8) is 0 Å². The standard InChI is InChI=1S/C15H29N3O2/c1-5-14(6-2)18-9-7-13(17-18)11-16-12-15(3,19)8-10-20-4/h7,9,14,16,19H,5-6,8,10-12H2,1-4H3. The molecule has 0 aromatic carbocycles. The molecule has 0 aliphatic carbocycles. The van der Waals surface area contributed by atoms with E-state index in [1.807, 2.05) is 23.9 Å². The summed E-state index contributed by atoms with van der Waals surface area (Å²) in [7, 11) is 1.65. The first-order valence-electron chi connectivity index (χ1n) is 7.48. The van der Waals surface area contributed by atoms with Gasteiger partial charge in [-0.05, 0) is 25.8 Å². The van der Waals surface area contributed by atoms with E-state index in [2.05, 4.69) is 24.3 Å². The second-order valence-electron chi connectivity index (χ2n) is 5.60. The van der Waals surface area contributed by atoms with Gasteiger partial charge in [-0.1, -0.05) is 13.8 Å². The topological polar surface area (TPSA) is 59.3 Å². The zero-order valence-electron chi connectivity index (χ0n) is 13.2.